The maximum absolute atomic E-state index is 12.3. The molecule has 1 atom stereocenters. The van der Waals surface area contributed by atoms with E-state index in [0.29, 0.717) is 13.0 Å². The van der Waals surface area contributed by atoms with Gasteiger partial charge in [0.05, 0.1) is 11.1 Å². The number of rotatable bonds is 6. The predicted molar refractivity (Wildman–Crippen MR) is 77.1 cm³/mol. The number of aliphatic hydroxyl groups is 1. The molecule has 112 valence electrons. The van der Waals surface area contributed by atoms with Crippen molar-refractivity contribution in [2.75, 3.05) is 32.7 Å². The Morgan fingerprint density at radius 3 is 2.42 bits per heavy atom. The van der Waals surface area contributed by atoms with Gasteiger partial charge in [-0.2, -0.15) is 0 Å². The van der Waals surface area contributed by atoms with E-state index in [2.05, 4.69) is 15.5 Å². The second kappa shape index (κ2) is 6.68. The lowest BCUT2D eigenvalue weighted by Crippen LogP contribution is -2.61. The number of piperazine rings is 1. The predicted octanol–water partition coefficient (Wildman–Crippen LogP) is 0.338. The minimum atomic E-state index is -0.816. The summed E-state index contributed by atoms with van der Waals surface area (Å²) in [5.74, 6) is -0.00854. The van der Waals surface area contributed by atoms with Crippen molar-refractivity contribution in [1.29, 1.82) is 0 Å². The summed E-state index contributed by atoms with van der Waals surface area (Å²) in [4.78, 5) is 14.5. The summed E-state index contributed by atoms with van der Waals surface area (Å²) in [6, 6.07) is 0. The molecule has 0 aromatic heterocycles. The molecule has 0 aromatic carbocycles. The Hall–Kier alpha value is -0.650. The molecule has 1 heterocycles. The molecule has 3 N–H and O–H groups in total. The van der Waals surface area contributed by atoms with E-state index in [-0.39, 0.29) is 5.91 Å². The lowest BCUT2D eigenvalue weighted by molar-refractivity contribution is -0.133. The number of carbonyl (C=O) groups excluding carboxylic acids is 1. The van der Waals surface area contributed by atoms with E-state index in [0.717, 1.165) is 32.6 Å². The van der Waals surface area contributed by atoms with Gasteiger partial charge in [0, 0.05) is 32.7 Å². The van der Waals surface area contributed by atoms with Gasteiger partial charge in [-0.3, -0.25) is 9.69 Å². The normalized spacial score (nSPS) is 20.9. The smallest absolute Gasteiger partial charge is 0.240 e. The first-order chi connectivity index (χ1) is 8.79. The van der Waals surface area contributed by atoms with Crippen molar-refractivity contribution >= 4 is 5.91 Å². The highest BCUT2D eigenvalue weighted by Gasteiger charge is 2.35. The lowest BCUT2D eigenvalue weighted by atomic mass is 9.97. The summed E-state index contributed by atoms with van der Waals surface area (Å²) >= 11 is 0. The second-order valence-corrected chi connectivity index (χ2v) is 6.23. The van der Waals surface area contributed by atoms with Crippen LogP contribution in [0.4, 0.5) is 0 Å². The highest BCUT2D eigenvalue weighted by molar-refractivity contribution is 5.85. The van der Waals surface area contributed by atoms with E-state index in [1.54, 1.807) is 6.92 Å². The lowest BCUT2D eigenvalue weighted by Gasteiger charge is -2.40. The van der Waals surface area contributed by atoms with Crippen LogP contribution >= 0.6 is 0 Å². The van der Waals surface area contributed by atoms with Gasteiger partial charge < -0.3 is 15.7 Å². The molecule has 0 aliphatic carbocycles. The minimum absolute atomic E-state index is 0.00854. The Balaban J connectivity index is 2.51. The zero-order valence-corrected chi connectivity index (χ0v) is 12.8. The van der Waals surface area contributed by atoms with E-state index >= 15 is 0 Å². The Bertz CT molecular complexity index is 297. The Labute approximate surface area is 116 Å². The van der Waals surface area contributed by atoms with Crippen LogP contribution in [0.2, 0.25) is 0 Å². The van der Waals surface area contributed by atoms with Gasteiger partial charge >= 0.3 is 0 Å². The first-order valence-corrected chi connectivity index (χ1v) is 7.26. The van der Waals surface area contributed by atoms with Crippen molar-refractivity contribution in [3.05, 3.63) is 0 Å². The number of hydrogen-bond donors (Lipinski definition) is 3. The van der Waals surface area contributed by atoms with Crippen LogP contribution in [0.25, 0.3) is 0 Å². The molecule has 0 spiro atoms. The summed E-state index contributed by atoms with van der Waals surface area (Å²) in [7, 11) is 0. The standard InChI is InChI=1S/C14H29N3O2/c1-5-6-14(4,19)11-16-12(18)13(2,3)17-9-7-15-8-10-17/h15,19H,5-11H2,1-4H3,(H,16,18). The largest absolute Gasteiger partial charge is 0.388 e. The third-order valence-electron chi connectivity index (χ3n) is 3.88. The van der Waals surface area contributed by atoms with Crippen molar-refractivity contribution in [2.45, 2.75) is 51.7 Å². The van der Waals surface area contributed by atoms with Gasteiger partial charge in [0.1, 0.15) is 0 Å². The number of amides is 1. The molecule has 5 heteroatoms. The first-order valence-electron chi connectivity index (χ1n) is 7.26. The van der Waals surface area contributed by atoms with Crippen LogP contribution in [0.15, 0.2) is 0 Å². The Morgan fingerprint density at radius 1 is 1.32 bits per heavy atom. The molecule has 1 aliphatic heterocycles. The zero-order chi connectivity index (χ0) is 14.5. The van der Waals surface area contributed by atoms with Crippen molar-refractivity contribution in [1.82, 2.24) is 15.5 Å². The SMILES string of the molecule is CCCC(C)(O)CNC(=O)C(C)(C)N1CCNCC1. The highest BCUT2D eigenvalue weighted by atomic mass is 16.3. The van der Waals surface area contributed by atoms with Crippen LogP contribution < -0.4 is 10.6 Å². The van der Waals surface area contributed by atoms with E-state index in [1.807, 2.05) is 20.8 Å². The van der Waals surface area contributed by atoms with Crippen LogP contribution in [0.3, 0.4) is 0 Å². The van der Waals surface area contributed by atoms with Crippen LogP contribution in [-0.2, 0) is 4.79 Å². The number of nitrogens with one attached hydrogen (secondary N) is 2. The fourth-order valence-electron chi connectivity index (χ4n) is 2.48. The molecular formula is C14H29N3O2. The molecule has 1 amide bonds. The van der Waals surface area contributed by atoms with Gasteiger partial charge in [0.25, 0.3) is 0 Å². The number of nitrogens with zero attached hydrogens (tertiary/aromatic N) is 1. The molecule has 0 saturated carbocycles. The average Bonchev–Trinajstić information content (AvgIpc) is 2.37. The molecule has 19 heavy (non-hydrogen) atoms. The van der Waals surface area contributed by atoms with Crippen LogP contribution in [-0.4, -0.2) is 59.8 Å². The van der Waals surface area contributed by atoms with Gasteiger partial charge in [-0.25, -0.2) is 0 Å². The average molecular weight is 271 g/mol. The summed E-state index contributed by atoms with van der Waals surface area (Å²) in [5, 5.41) is 16.3. The molecule has 1 saturated heterocycles. The molecule has 0 bridgehead atoms. The molecule has 0 radical (unpaired) electrons. The molecule has 0 aromatic rings. The minimum Gasteiger partial charge on any atom is -0.388 e. The van der Waals surface area contributed by atoms with E-state index in [1.165, 1.54) is 0 Å². The molecule has 1 unspecified atom stereocenters. The second-order valence-electron chi connectivity index (χ2n) is 6.23. The van der Waals surface area contributed by atoms with Crippen molar-refractivity contribution in [3.63, 3.8) is 0 Å². The van der Waals surface area contributed by atoms with Gasteiger partial charge in [-0.05, 0) is 27.2 Å². The van der Waals surface area contributed by atoms with Gasteiger partial charge in [-0.1, -0.05) is 13.3 Å². The number of hydrogen-bond acceptors (Lipinski definition) is 4. The summed E-state index contributed by atoms with van der Waals surface area (Å²) in [6.07, 6.45) is 1.60. The molecule has 1 fully saturated rings. The van der Waals surface area contributed by atoms with Crippen LogP contribution in [0, 0.1) is 0 Å². The van der Waals surface area contributed by atoms with Gasteiger partial charge in [0.15, 0.2) is 0 Å². The molecule has 1 aliphatic rings. The van der Waals surface area contributed by atoms with Gasteiger partial charge in [-0.15, -0.1) is 0 Å². The third-order valence-corrected chi connectivity index (χ3v) is 3.88. The maximum atomic E-state index is 12.3. The highest BCUT2D eigenvalue weighted by Crippen LogP contribution is 2.16. The van der Waals surface area contributed by atoms with E-state index in [4.69, 9.17) is 0 Å². The Morgan fingerprint density at radius 2 is 1.89 bits per heavy atom. The number of carbonyl (C=O) groups is 1. The van der Waals surface area contributed by atoms with E-state index in [9.17, 15) is 9.90 Å². The van der Waals surface area contributed by atoms with Gasteiger partial charge in [0.2, 0.25) is 5.91 Å². The zero-order valence-electron chi connectivity index (χ0n) is 12.8. The van der Waals surface area contributed by atoms with Crippen molar-refractivity contribution in [2.24, 2.45) is 0 Å². The fourth-order valence-corrected chi connectivity index (χ4v) is 2.48. The Kier molecular flexibility index (Phi) is 5.77. The summed E-state index contributed by atoms with van der Waals surface area (Å²) < 4.78 is 0. The quantitative estimate of drug-likeness (QED) is 0.652. The summed E-state index contributed by atoms with van der Waals surface area (Å²) in [6.45, 7) is 11.6. The van der Waals surface area contributed by atoms with Crippen molar-refractivity contribution < 1.29 is 9.90 Å². The fraction of sp³-hybridized carbons (Fsp3) is 0.929. The molecule has 1 rings (SSSR count). The first kappa shape index (κ1) is 16.4. The maximum Gasteiger partial charge on any atom is 0.240 e. The monoisotopic (exact) mass is 271 g/mol. The third kappa shape index (κ3) is 4.75. The van der Waals surface area contributed by atoms with Crippen molar-refractivity contribution in [3.8, 4) is 0 Å². The molecular weight excluding hydrogens is 242 g/mol. The topological polar surface area (TPSA) is 64.6 Å². The van der Waals surface area contributed by atoms with Crippen LogP contribution in [0.5, 0.6) is 0 Å². The van der Waals surface area contributed by atoms with Crippen LogP contribution in [0.1, 0.15) is 40.5 Å². The van der Waals surface area contributed by atoms with E-state index < -0.39 is 11.1 Å². The summed E-state index contributed by atoms with van der Waals surface area (Å²) in [5.41, 5.74) is -1.34. The molecule has 5 nitrogen and oxygen atoms in total.